The molecule has 1 aromatic heterocycles. The van der Waals surface area contributed by atoms with E-state index in [-0.39, 0.29) is 10.6 Å². The van der Waals surface area contributed by atoms with Crippen LogP contribution in [-0.2, 0) is 6.54 Å². The molecule has 0 amide bonds. The SMILES string of the molecule is CNCCCn1c2ccc(C)cc2c2cc([N+](=O)[O-])ccc21. The predicted octanol–water partition coefficient (Wildman–Crippen LogP) is 3.62. The molecule has 0 fully saturated rings. The first-order valence-corrected chi connectivity index (χ1v) is 7.43. The van der Waals surface area contributed by atoms with E-state index in [2.05, 4.69) is 28.1 Å². The van der Waals surface area contributed by atoms with Crippen LogP contribution >= 0.6 is 0 Å². The fourth-order valence-electron chi connectivity index (χ4n) is 2.97. The van der Waals surface area contributed by atoms with Gasteiger partial charge in [-0.25, -0.2) is 0 Å². The Hall–Kier alpha value is -2.40. The second kappa shape index (κ2) is 5.77. The Morgan fingerprint density at radius 1 is 1.14 bits per heavy atom. The van der Waals surface area contributed by atoms with Crippen LogP contribution in [0, 0.1) is 17.0 Å². The van der Waals surface area contributed by atoms with E-state index in [0.717, 1.165) is 46.9 Å². The lowest BCUT2D eigenvalue weighted by Crippen LogP contribution is -2.10. The van der Waals surface area contributed by atoms with Crippen molar-refractivity contribution in [2.24, 2.45) is 0 Å². The van der Waals surface area contributed by atoms with Gasteiger partial charge < -0.3 is 9.88 Å². The number of aryl methyl sites for hydroxylation is 2. The third-order valence-corrected chi connectivity index (χ3v) is 4.02. The minimum absolute atomic E-state index is 0.142. The summed E-state index contributed by atoms with van der Waals surface area (Å²) >= 11 is 0. The molecule has 0 spiro atoms. The molecule has 0 saturated heterocycles. The largest absolute Gasteiger partial charge is 0.340 e. The Bertz CT molecular complexity index is 852. The summed E-state index contributed by atoms with van der Waals surface area (Å²) in [6.07, 6.45) is 1.01. The number of fused-ring (bicyclic) bond motifs is 3. The molecule has 0 aliphatic heterocycles. The number of nitro groups is 1. The standard InChI is InChI=1S/C17H19N3O2/c1-12-4-6-16-14(10-12)15-11-13(20(21)22)5-7-17(15)19(16)9-3-8-18-2/h4-7,10-11,18H,3,8-9H2,1-2H3. The Labute approximate surface area is 128 Å². The third-order valence-electron chi connectivity index (χ3n) is 4.02. The first kappa shape index (κ1) is 14.5. The number of rotatable bonds is 5. The van der Waals surface area contributed by atoms with Gasteiger partial charge in [-0.1, -0.05) is 11.6 Å². The van der Waals surface area contributed by atoms with Crippen LogP contribution < -0.4 is 5.32 Å². The fraction of sp³-hybridized carbons (Fsp3) is 0.294. The molecule has 0 aliphatic rings. The van der Waals surface area contributed by atoms with Crippen molar-refractivity contribution in [3.63, 3.8) is 0 Å². The average molecular weight is 297 g/mol. The highest BCUT2D eigenvalue weighted by molar-refractivity contribution is 6.09. The van der Waals surface area contributed by atoms with Gasteiger partial charge in [0.2, 0.25) is 0 Å². The van der Waals surface area contributed by atoms with Crippen molar-refractivity contribution in [3.05, 3.63) is 52.1 Å². The van der Waals surface area contributed by atoms with Crippen LogP contribution in [0.4, 0.5) is 5.69 Å². The molecule has 0 atom stereocenters. The summed E-state index contributed by atoms with van der Waals surface area (Å²) < 4.78 is 2.26. The van der Waals surface area contributed by atoms with Crippen LogP contribution in [-0.4, -0.2) is 23.1 Å². The van der Waals surface area contributed by atoms with Crippen molar-refractivity contribution in [2.45, 2.75) is 19.9 Å². The van der Waals surface area contributed by atoms with Crippen molar-refractivity contribution in [1.82, 2.24) is 9.88 Å². The monoisotopic (exact) mass is 297 g/mol. The number of hydrogen-bond donors (Lipinski definition) is 1. The Morgan fingerprint density at radius 3 is 2.50 bits per heavy atom. The zero-order valence-corrected chi connectivity index (χ0v) is 12.8. The van der Waals surface area contributed by atoms with E-state index < -0.39 is 0 Å². The number of aromatic nitrogens is 1. The molecule has 0 aliphatic carbocycles. The first-order valence-electron chi connectivity index (χ1n) is 7.43. The topological polar surface area (TPSA) is 60.1 Å². The summed E-state index contributed by atoms with van der Waals surface area (Å²) in [6.45, 7) is 3.88. The molecule has 3 aromatic rings. The van der Waals surface area contributed by atoms with Gasteiger partial charge in [0.1, 0.15) is 0 Å². The maximum atomic E-state index is 11.1. The fourth-order valence-corrected chi connectivity index (χ4v) is 2.97. The normalized spacial score (nSPS) is 11.4. The summed E-state index contributed by atoms with van der Waals surface area (Å²) in [6, 6.07) is 11.4. The average Bonchev–Trinajstić information content (AvgIpc) is 2.80. The zero-order valence-electron chi connectivity index (χ0n) is 12.8. The van der Waals surface area contributed by atoms with Gasteiger partial charge in [-0.3, -0.25) is 10.1 Å². The van der Waals surface area contributed by atoms with E-state index >= 15 is 0 Å². The Morgan fingerprint density at radius 2 is 1.82 bits per heavy atom. The van der Waals surface area contributed by atoms with E-state index in [9.17, 15) is 10.1 Å². The Kier molecular flexibility index (Phi) is 3.81. The van der Waals surface area contributed by atoms with Crippen molar-refractivity contribution < 1.29 is 4.92 Å². The summed E-state index contributed by atoms with van der Waals surface area (Å²) in [5.41, 5.74) is 3.50. The molecule has 0 bridgehead atoms. The van der Waals surface area contributed by atoms with Crippen molar-refractivity contribution in [2.75, 3.05) is 13.6 Å². The van der Waals surface area contributed by atoms with Crippen LogP contribution in [0.1, 0.15) is 12.0 Å². The summed E-state index contributed by atoms with van der Waals surface area (Å²) in [5.74, 6) is 0. The van der Waals surface area contributed by atoms with Crippen LogP contribution in [0.5, 0.6) is 0 Å². The zero-order chi connectivity index (χ0) is 15.7. The number of nitrogens with one attached hydrogen (secondary N) is 1. The van der Waals surface area contributed by atoms with Gasteiger partial charge in [0.15, 0.2) is 0 Å². The number of hydrogen-bond acceptors (Lipinski definition) is 3. The van der Waals surface area contributed by atoms with E-state index in [1.165, 1.54) is 0 Å². The molecule has 1 N–H and O–H groups in total. The Balaban J connectivity index is 2.24. The van der Waals surface area contributed by atoms with Crippen LogP contribution in [0.3, 0.4) is 0 Å². The molecule has 5 heteroatoms. The molecule has 22 heavy (non-hydrogen) atoms. The number of benzene rings is 2. The van der Waals surface area contributed by atoms with Gasteiger partial charge in [0, 0.05) is 40.5 Å². The maximum absolute atomic E-state index is 11.1. The van der Waals surface area contributed by atoms with E-state index in [1.54, 1.807) is 12.1 Å². The second-order valence-corrected chi connectivity index (χ2v) is 5.59. The molecule has 5 nitrogen and oxygen atoms in total. The van der Waals surface area contributed by atoms with Crippen LogP contribution in [0.2, 0.25) is 0 Å². The van der Waals surface area contributed by atoms with Gasteiger partial charge in [0.25, 0.3) is 5.69 Å². The number of nitrogens with zero attached hydrogens (tertiary/aromatic N) is 2. The second-order valence-electron chi connectivity index (χ2n) is 5.59. The highest BCUT2D eigenvalue weighted by Crippen LogP contribution is 2.32. The smallest absolute Gasteiger partial charge is 0.270 e. The molecule has 114 valence electrons. The minimum atomic E-state index is -0.334. The molecule has 2 aromatic carbocycles. The molecule has 1 heterocycles. The molecule has 0 saturated carbocycles. The lowest BCUT2D eigenvalue weighted by atomic mass is 10.1. The first-order chi connectivity index (χ1) is 10.6. The van der Waals surface area contributed by atoms with Crippen LogP contribution in [0.25, 0.3) is 21.8 Å². The van der Waals surface area contributed by atoms with Crippen molar-refractivity contribution >= 4 is 27.5 Å². The van der Waals surface area contributed by atoms with Gasteiger partial charge in [-0.05, 0) is 45.1 Å². The number of nitro benzene ring substituents is 1. The summed E-state index contributed by atoms with van der Waals surface area (Å²) in [4.78, 5) is 10.7. The highest BCUT2D eigenvalue weighted by atomic mass is 16.6. The van der Waals surface area contributed by atoms with E-state index in [4.69, 9.17) is 0 Å². The van der Waals surface area contributed by atoms with Crippen molar-refractivity contribution in [1.29, 1.82) is 0 Å². The predicted molar refractivity (Wildman–Crippen MR) is 89.4 cm³/mol. The van der Waals surface area contributed by atoms with Gasteiger partial charge in [-0.2, -0.15) is 0 Å². The molecular formula is C17H19N3O2. The van der Waals surface area contributed by atoms with Gasteiger partial charge in [0.05, 0.1) is 4.92 Å². The maximum Gasteiger partial charge on any atom is 0.270 e. The number of non-ortho nitro benzene ring substituents is 1. The molecule has 3 rings (SSSR count). The molecule has 0 unspecified atom stereocenters. The van der Waals surface area contributed by atoms with Gasteiger partial charge in [-0.15, -0.1) is 0 Å². The lowest BCUT2D eigenvalue weighted by molar-refractivity contribution is -0.384. The molecule has 0 radical (unpaired) electrons. The van der Waals surface area contributed by atoms with E-state index in [1.807, 2.05) is 20.0 Å². The highest BCUT2D eigenvalue weighted by Gasteiger charge is 2.14. The minimum Gasteiger partial charge on any atom is -0.340 e. The van der Waals surface area contributed by atoms with Crippen LogP contribution in [0.15, 0.2) is 36.4 Å². The summed E-state index contributed by atoms with van der Waals surface area (Å²) in [5, 5.41) is 16.3. The van der Waals surface area contributed by atoms with E-state index in [0.29, 0.717) is 0 Å². The molecular weight excluding hydrogens is 278 g/mol. The lowest BCUT2D eigenvalue weighted by Gasteiger charge is -2.07. The quantitative estimate of drug-likeness (QED) is 0.444. The van der Waals surface area contributed by atoms with Gasteiger partial charge >= 0.3 is 0 Å². The van der Waals surface area contributed by atoms with Crippen molar-refractivity contribution in [3.8, 4) is 0 Å². The summed E-state index contributed by atoms with van der Waals surface area (Å²) in [7, 11) is 1.94. The third kappa shape index (κ3) is 2.44.